The third-order valence-corrected chi connectivity index (χ3v) is 1.92. The zero-order chi connectivity index (χ0) is 9.68. The Kier molecular flexibility index (Phi) is 3.99. The van der Waals surface area contributed by atoms with E-state index in [1.807, 2.05) is 12.1 Å². The fourth-order valence-electron chi connectivity index (χ4n) is 1.34. The van der Waals surface area contributed by atoms with Gasteiger partial charge in [-0.15, -0.1) is 0 Å². The van der Waals surface area contributed by atoms with E-state index in [1.54, 1.807) is 13.4 Å². The van der Waals surface area contributed by atoms with Crippen molar-refractivity contribution >= 4 is 0 Å². The summed E-state index contributed by atoms with van der Waals surface area (Å²) >= 11 is 0. The van der Waals surface area contributed by atoms with E-state index in [0.29, 0.717) is 12.6 Å². The number of methoxy groups -OCH3 is 1. The van der Waals surface area contributed by atoms with Gasteiger partial charge < -0.3 is 14.5 Å². The first kappa shape index (κ1) is 10.3. The Bertz CT molecular complexity index is 221. The van der Waals surface area contributed by atoms with E-state index in [9.17, 15) is 0 Å². The van der Waals surface area contributed by atoms with Crippen molar-refractivity contribution in [3.8, 4) is 0 Å². The summed E-state index contributed by atoms with van der Waals surface area (Å²) in [7, 11) is 1.70. The van der Waals surface area contributed by atoms with Crippen molar-refractivity contribution in [2.24, 2.45) is 0 Å². The van der Waals surface area contributed by atoms with Gasteiger partial charge in [0.2, 0.25) is 0 Å². The van der Waals surface area contributed by atoms with Crippen LogP contribution in [0.2, 0.25) is 0 Å². The highest BCUT2D eigenvalue weighted by Crippen LogP contribution is 2.12. The molecule has 0 saturated carbocycles. The molecule has 3 nitrogen and oxygen atoms in total. The molecule has 0 fully saturated rings. The fraction of sp³-hybridized carbons (Fsp3) is 0.600. The minimum Gasteiger partial charge on any atom is -0.468 e. The lowest BCUT2D eigenvalue weighted by molar-refractivity contribution is 0.166. The van der Waals surface area contributed by atoms with Crippen LogP contribution in [-0.4, -0.2) is 19.8 Å². The molecule has 1 unspecified atom stereocenters. The Balaban J connectivity index is 2.37. The molecule has 2 atom stereocenters. The Hall–Kier alpha value is -0.800. The smallest absolute Gasteiger partial charge is 0.120 e. The summed E-state index contributed by atoms with van der Waals surface area (Å²) in [5.41, 5.74) is 0. The van der Waals surface area contributed by atoms with E-state index in [-0.39, 0.29) is 6.04 Å². The molecule has 1 rings (SSSR count). The molecule has 1 N–H and O–H groups in total. The van der Waals surface area contributed by atoms with E-state index >= 15 is 0 Å². The van der Waals surface area contributed by atoms with E-state index in [4.69, 9.17) is 9.15 Å². The molecule has 0 saturated heterocycles. The highest BCUT2D eigenvalue weighted by Gasteiger charge is 2.10. The predicted octanol–water partition coefficient (Wildman–Crippen LogP) is 1.97. The molecule has 0 bridgehead atoms. The van der Waals surface area contributed by atoms with Crippen molar-refractivity contribution in [2.75, 3.05) is 13.7 Å². The van der Waals surface area contributed by atoms with Gasteiger partial charge in [0.25, 0.3) is 0 Å². The van der Waals surface area contributed by atoms with Gasteiger partial charge in [-0.1, -0.05) is 0 Å². The fourth-order valence-corrected chi connectivity index (χ4v) is 1.34. The predicted molar refractivity (Wildman–Crippen MR) is 51.6 cm³/mol. The van der Waals surface area contributed by atoms with Crippen LogP contribution in [0.1, 0.15) is 25.6 Å². The summed E-state index contributed by atoms with van der Waals surface area (Å²) < 4.78 is 10.3. The number of ether oxygens (including phenoxy) is 1. The van der Waals surface area contributed by atoms with Crippen LogP contribution in [0.15, 0.2) is 22.8 Å². The molecule has 0 aliphatic carbocycles. The Labute approximate surface area is 79.1 Å². The van der Waals surface area contributed by atoms with Crippen LogP contribution in [0, 0.1) is 0 Å². The third-order valence-electron chi connectivity index (χ3n) is 1.92. The van der Waals surface area contributed by atoms with Crippen LogP contribution in [0.25, 0.3) is 0 Å². The molecule has 0 radical (unpaired) electrons. The molecule has 0 aromatic carbocycles. The average molecular weight is 183 g/mol. The van der Waals surface area contributed by atoms with Gasteiger partial charge in [-0.05, 0) is 26.0 Å². The summed E-state index contributed by atoms with van der Waals surface area (Å²) in [6, 6.07) is 4.44. The van der Waals surface area contributed by atoms with Crippen molar-refractivity contribution in [1.29, 1.82) is 0 Å². The number of furan rings is 1. The van der Waals surface area contributed by atoms with Crippen molar-refractivity contribution in [2.45, 2.75) is 25.9 Å². The van der Waals surface area contributed by atoms with Crippen molar-refractivity contribution in [1.82, 2.24) is 5.32 Å². The topological polar surface area (TPSA) is 34.4 Å². The van der Waals surface area contributed by atoms with Crippen LogP contribution in [0.3, 0.4) is 0 Å². The molecule has 74 valence electrons. The molecule has 13 heavy (non-hydrogen) atoms. The molecule has 1 heterocycles. The quantitative estimate of drug-likeness (QED) is 0.757. The summed E-state index contributed by atoms with van der Waals surface area (Å²) in [5, 5.41) is 3.36. The zero-order valence-corrected chi connectivity index (χ0v) is 8.41. The lowest BCUT2D eigenvalue weighted by Gasteiger charge is -2.17. The Morgan fingerprint density at radius 1 is 1.54 bits per heavy atom. The maximum absolute atomic E-state index is 5.27. The van der Waals surface area contributed by atoms with Crippen LogP contribution in [0.4, 0.5) is 0 Å². The second-order valence-corrected chi connectivity index (χ2v) is 3.26. The molecule has 0 aliphatic heterocycles. The average Bonchev–Trinajstić information content (AvgIpc) is 2.55. The van der Waals surface area contributed by atoms with Gasteiger partial charge in [0.15, 0.2) is 0 Å². The molecular weight excluding hydrogens is 166 g/mol. The lowest BCUT2D eigenvalue weighted by Crippen LogP contribution is -2.32. The van der Waals surface area contributed by atoms with Gasteiger partial charge in [-0.3, -0.25) is 0 Å². The molecule has 1 aromatic rings. The van der Waals surface area contributed by atoms with Crippen molar-refractivity contribution in [3.63, 3.8) is 0 Å². The summed E-state index contributed by atoms with van der Waals surface area (Å²) in [5.74, 6) is 0.961. The molecule has 0 amide bonds. The van der Waals surface area contributed by atoms with Gasteiger partial charge in [0, 0.05) is 13.2 Å². The molecular formula is C10H17NO2. The van der Waals surface area contributed by atoms with Crippen molar-refractivity contribution < 1.29 is 9.15 Å². The third kappa shape index (κ3) is 3.20. The summed E-state index contributed by atoms with van der Waals surface area (Å²) in [6.07, 6.45) is 1.69. The second-order valence-electron chi connectivity index (χ2n) is 3.26. The van der Waals surface area contributed by atoms with E-state index < -0.39 is 0 Å². The zero-order valence-electron chi connectivity index (χ0n) is 8.41. The van der Waals surface area contributed by atoms with Gasteiger partial charge in [-0.2, -0.15) is 0 Å². The first-order chi connectivity index (χ1) is 6.24. The van der Waals surface area contributed by atoms with E-state index in [1.165, 1.54) is 0 Å². The molecule has 1 aromatic heterocycles. The largest absolute Gasteiger partial charge is 0.468 e. The van der Waals surface area contributed by atoms with Crippen LogP contribution < -0.4 is 5.32 Å². The number of nitrogens with one attached hydrogen (secondary N) is 1. The number of hydrogen-bond acceptors (Lipinski definition) is 3. The van der Waals surface area contributed by atoms with E-state index in [2.05, 4.69) is 19.2 Å². The maximum atomic E-state index is 5.27. The monoisotopic (exact) mass is 183 g/mol. The molecule has 0 aliphatic rings. The second kappa shape index (κ2) is 5.04. The normalized spacial score (nSPS) is 15.6. The minimum absolute atomic E-state index is 0.236. The Morgan fingerprint density at radius 2 is 2.31 bits per heavy atom. The number of rotatable bonds is 5. The minimum atomic E-state index is 0.236. The standard InChI is InChI=1S/C10H17NO2/c1-8(7-12-3)11-9(2)10-5-4-6-13-10/h4-6,8-9,11H,7H2,1-3H3/t8?,9-/m1/s1. The molecule has 3 heteroatoms. The maximum Gasteiger partial charge on any atom is 0.120 e. The van der Waals surface area contributed by atoms with Crippen LogP contribution >= 0.6 is 0 Å². The van der Waals surface area contributed by atoms with E-state index in [0.717, 1.165) is 5.76 Å². The Morgan fingerprint density at radius 3 is 2.85 bits per heavy atom. The first-order valence-electron chi connectivity index (χ1n) is 4.52. The lowest BCUT2D eigenvalue weighted by atomic mass is 10.2. The van der Waals surface area contributed by atoms with Crippen LogP contribution in [-0.2, 0) is 4.74 Å². The summed E-state index contributed by atoms with van der Waals surface area (Å²) in [4.78, 5) is 0. The first-order valence-corrected chi connectivity index (χ1v) is 4.52. The molecule has 0 spiro atoms. The van der Waals surface area contributed by atoms with Gasteiger partial charge in [0.1, 0.15) is 5.76 Å². The summed E-state index contributed by atoms with van der Waals surface area (Å²) in [6.45, 7) is 4.87. The van der Waals surface area contributed by atoms with Crippen LogP contribution in [0.5, 0.6) is 0 Å². The highest BCUT2D eigenvalue weighted by atomic mass is 16.5. The number of hydrogen-bond donors (Lipinski definition) is 1. The van der Waals surface area contributed by atoms with Gasteiger partial charge in [-0.25, -0.2) is 0 Å². The van der Waals surface area contributed by atoms with Gasteiger partial charge in [0.05, 0.1) is 18.9 Å². The van der Waals surface area contributed by atoms with Gasteiger partial charge >= 0.3 is 0 Å². The van der Waals surface area contributed by atoms with Crippen molar-refractivity contribution in [3.05, 3.63) is 24.2 Å². The highest BCUT2D eigenvalue weighted by molar-refractivity contribution is 5.03. The SMILES string of the molecule is COCC(C)N[C@H](C)c1ccco1.